The van der Waals surface area contributed by atoms with Crippen LogP contribution in [-0.4, -0.2) is 18.5 Å². The topological polar surface area (TPSA) is 47.9 Å². The Morgan fingerprint density at radius 2 is 1.83 bits per heavy atom. The summed E-state index contributed by atoms with van der Waals surface area (Å²) in [7, 11) is 0. The highest BCUT2D eigenvalue weighted by Crippen LogP contribution is 2.24. The molecule has 0 atom stereocenters. The van der Waals surface area contributed by atoms with Crippen molar-refractivity contribution in [3.63, 3.8) is 0 Å². The van der Waals surface area contributed by atoms with E-state index in [1.165, 1.54) is 0 Å². The van der Waals surface area contributed by atoms with Crippen LogP contribution in [0, 0.1) is 0 Å². The minimum Gasteiger partial charge on any atom is -0.493 e. The van der Waals surface area contributed by atoms with Crippen molar-refractivity contribution in [2.24, 2.45) is 4.99 Å². The van der Waals surface area contributed by atoms with Crippen molar-refractivity contribution in [1.82, 2.24) is 0 Å². The second-order valence-electron chi connectivity index (χ2n) is 5.06. The van der Waals surface area contributed by atoms with E-state index in [2.05, 4.69) is 4.99 Å². The van der Waals surface area contributed by atoms with E-state index in [0.717, 1.165) is 5.56 Å². The van der Waals surface area contributed by atoms with Gasteiger partial charge >= 0.3 is 5.97 Å². The third-order valence-electron chi connectivity index (χ3n) is 3.38. The molecule has 0 amide bonds. The van der Waals surface area contributed by atoms with Gasteiger partial charge in [0.05, 0.1) is 12.2 Å². The van der Waals surface area contributed by atoms with Gasteiger partial charge in [0.2, 0.25) is 5.90 Å². The average Bonchev–Trinajstić information content (AvgIpc) is 2.97. The summed E-state index contributed by atoms with van der Waals surface area (Å²) in [5.41, 5.74) is 1.98. The Labute approximate surface area is 140 Å². The summed E-state index contributed by atoms with van der Waals surface area (Å²) < 4.78 is 10.8. The van der Waals surface area contributed by atoms with Gasteiger partial charge in [-0.1, -0.05) is 54.6 Å². The van der Waals surface area contributed by atoms with Crippen molar-refractivity contribution in [3.05, 3.63) is 83.6 Å². The fraction of sp³-hybridized carbons (Fsp3) is 0.100. The van der Waals surface area contributed by atoms with Crippen molar-refractivity contribution >= 4 is 17.9 Å². The molecule has 3 rings (SSSR count). The summed E-state index contributed by atoms with van der Waals surface area (Å²) in [4.78, 5) is 16.3. The smallest absolute Gasteiger partial charge is 0.363 e. The van der Waals surface area contributed by atoms with Crippen LogP contribution >= 0.6 is 0 Å². The van der Waals surface area contributed by atoms with Gasteiger partial charge in [-0.2, -0.15) is 0 Å². The number of allylic oxidation sites excluding steroid dienone is 2. The molecule has 0 unspecified atom stereocenters. The molecule has 1 aliphatic heterocycles. The van der Waals surface area contributed by atoms with Gasteiger partial charge < -0.3 is 9.47 Å². The number of carbonyl (C=O) groups is 1. The lowest BCUT2D eigenvalue weighted by Crippen LogP contribution is -2.07. The lowest BCUT2D eigenvalue weighted by Gasteiger charge is -2.08. The molecule has 0 aromatic heterocycles. The number of aliphatic imine (C=N–C) groups is 1. The van der Waals surface area contributed by atoms with E-state index in [0.29, 0.717) is 17.9 Å². The first-order chi connectivity index (χ1) is 11.8. The second-order valence-corrected chi connectivity index (χ2v) is 5.06. The zero-order valence-corrected chi connectivity index (χ0v) is 13.3. The number of cyclic esters (lactones) is 1. The Bertz CT molecular complexity index is 820. The van der Waals surface area contributed by atoms with Gasteiger partial charge in [0.25, 0.3) is 0 Å². The highest BCUT2D eigenvalue weighted by molar-refractivity contribution is 6.12. The zero-order chi connectivity index (χ0) is 16.8. The molecule has 0 spiro atoms. The molecule has 0 saturated heterocycles. The first-order valence-corrected chi connectivity index (χ1v) is 7.74. The minimum atomic E-state index is -0.464. The number of rotatable bonds is 5. The lowest BCUT2D eigenvalue weighted by atomic mass is 10.2. The summed E-state index contributed by atoms with van der Waals surface area (Å²) in [5, 5.41) is 0. The number of hydrogen-bond donors (Lipinski definition) is 0. The molecule has 2 aromatic rings. The van der Waals surface area contributed by atoms with E-state index in [9.17, 15) is 4.79 Å². The molecule has 4 nitrogen and oxygen atoms in total. The maximum atomic E-state index is 12.0. The van der Waals surface area contributed by atoms with E-state index in [1.807, 2.05) is 67.6 Å². The fourth-order valence-corrected chi connectivity index (χ4v) is 2.28. The Hall–Kier alpha value is -3.14. The van der Waals surface area contributed by atoms with Gasteiger partial charge in [0.15, 0.2) is 5.70 Å². The van der Waals surface area contributed by atoms with Crippen LogP contribution in [0.4, 0.5) is 0 Å². The van der Waals surface area contributed by atoms with Gasteiger partial charge in [-0.25, -0.2) is 9.79 Å². The minimum absolute atomic E-state index is 0.267. The fourth-order valence-electron chi connectivity index (χ4n) is 2.28. The van der Waals surface area contributed by atoms with Crippen LogP contribution in [-0.2, 0) is 9.53 Å². The van der Waals surface area contributed by atoms with Gasteiger partial charge in [-0.05, 0) is 30.7 Å². The summed E-state index contributed by atoms with van der Waals surface area (Å²) in [5.74, 6) is 0.449. The van der Waals surface area contributed by atoms with Crippen molar-refractivity contribution in [3.8, 4) is 5.75 Å². The molecule has 120 valence electrons. The molecule has 24 heavy (non-hydrogen) atoms. The Kier molecular flexibility index (Phi) is 4.87. The SMILES string of the molecule is CCOc1ccccc1C1=N/C(=C\C=C\c2ccccc2)C(=O)O1. The quantitative estimate of drug-likeness (QED) is 0.618. The molecule has 2 aromatic carbocycles. The van der Waals surface area contributed by atoms with E-state index in [4.69, 9.17) is 9.47 Å². The summed E-state index contributed by atoms with van der Waals surface area (Å²) >= 11 is 0. The molecular weight excluding hydrogens is 302 g/mol. The summed E-state index contributed by atoms with van der Waals surface area (Å²) in [6.07, 6.45) is 5.33. The molecule has 0 bridgehead atoms. The number of para-hydroxylation sites is 1. The molecule has 1 heterocycles. The second kappa shape index (κ2) is 7.42. The predicted octanol–water partition coefficient (Wildman–Crippen LogP) is 3.99. The lowest BCUT2D eigenvalue weighted by molar-refractivity contribution is -0.130. The van der Waals surface area contributed by atoms with Crippen LogP contribution in [0.5, 0.6) is 5.75 Å². The molecular formula is C20H17NO3. The average molecular weight is 319 g/mol. The first kappa shape index (κ1) is 15.7. The number of carbonyl (C=O) groups excluding carboxylic acids is 1. The molecule has 0 fully saturated rings. The summed E-state index contributed by atoms with van der Waals surface area (Å²) in [6.45, 7) is 2.43. The standard InChI is InChI=1S/C20H17NO3/c1-2-23-18-14-7-6-12-16(18)19-21-17(20(22)24-19)13-8-11-15-9-4-3-5-10-15/h3-14H,2H2,1H3/b11-8+,17-13-. The van der Waals surface area contributed by atoms with Crippen LogP contribution < -0.4 is 4.74 Å². The van der Waals surface area contributed by atoms with Crippen molar-refractivity contribution in [2.45, 2.75) is 6.92 Å². The summed E-state index contributed by atoms with van der Waals surface area (Å²) in [6, 6.07) is 17.2. The Morgan fingerprint density at radius 1 is 1.08 bits per heavy atom. The van der Waals surface area contributed by atoms with Gasteiger partial charge in [0, 0.05) is 0 Å². The third-order valence-corrected chi connectivity index (χ3v) is 3.38. The van der Waals surface area contributed by atoms with Crippen molar-refractivity contribution in [1.29, 1.82) is 0 Å². The monoisotopic (exact) mass is 319 g/mol. The largest absolute Gasteiger partial charge is 0.493 e. The van der Waals surface area contributed by atoms with Gasteiger partial charge in [0.1, 0.15) is 5.75 Å². The highest BCUT2D eigenvalue weighted by atomic mass is 16.6. The third kappa shape index (κ3) is 3.60. The number of ether oxygens (including phenoxy) is 2. The van der Waals surface area contributed by atoms with E-state index >= 15 is 0 Å². The highest BCUT2D eigenvalue weighted by Gasteiger charge is 2.25. The molecule has 4 heteroatoms. The number of esters is 1. The van der Waals surface area contributed by atoms with E-state index in [1.54, 1.807) is 12.2 Å². The van der Waals surface area contributed by atoms with E-state index < -0.39 is 5.97 Å². The molecule has 1 aliphatic rings. The predicted molar refractivity (Wildman–Crippen MR) is 93.8 cm³/mol. The van der Waals surface area contributed by atoms with Crippen LogP contribution in [0.25, 0.3) is 6.08 Å². The Morgan fingerprint density at radius 3 is 2.62 bits per heavy atom. The Balaban J connectivity index is 1.83. The zero-order valence-electron chi connectivity index (χ0n) is 13.3. The van der Waals surface area contributed by atoms with Crippen molar-refractivity contribution < 1.29 is 14.3 Å². The van der Waals surface area contributed by atoms with Crippen molar-refractivity contribution in [2.75, 3.05) is 6.61 Å². The molecule has 0 radical (unpaired) electrons. The van der Waals surface area contributed by atoms with Gasteiger partial charge in [-0.15, -0.1) is 0 Å². The number of nitrogens with zero attached hydrogens (tertiary/aromatic N) is 1. The van der Waals surface area contributed by atoms with E-state index in [-0.39, 0.29) is 11.6 Å². The maximum absolute atomic E-state index is 12.0. The van der Waals surface area contributed by atoms with Crippen LogP contribution in [0.2, 0.25) is 0 Å². The number of benzene rings is 2. The van der Waals surface area contributed by atoms with Gasteiger partial charge in [-0.3, -0.25) is 0 Å². The van der Waals surface area contributed by atoms with Crippen LogP contribution in [0.3, 0.4) is 0 Å². The maximum Gasteiger partial charge on any atom is 0.363 e. The molecule has 0 aliphatic carbocycles. The first-order valence-electron chi connectivity index (χ1n) is 7.74. The van der Waals surface area contributed by atoms with Crippen LogP contribution in [0.1, 0.15) is 18.1 Å². The van der Waals surface area contributed by atoms with Crippen LogP contribution in [0.15, 0.2) is 77.4 Å². The normalized spacial score (nSPS) is 15.6. The number of hydrogen-bond acceptors (Lipinski definition) is 4. The molecule has 0 saturated carbocycles. The molecule has 0 N–H and O–H groups in total.